The van der Waals surface area contributed by atoms with Gasteiger partial charge in [-0.2, -0.15) is 14.3 Å². The van der Waals surface area contributed by atoms with Crippen molar-refractivity contribution >= 4 is 29.6 Å². The Hall–Kier alpha value is -3.73. The number of oxazole rings is 1. The third-order valence-electron chi connectivity index (χ3n) is 5.59. The molecule has 31 heavy (non-hydrogen) atoms. The number of aromatic nitrogens is 4. The maximum atomic E-state index is 12.2. The quantitative estimate of drug-likeness (QED) is 0.503. The lowest BCUT2D eigenvalue weighted by Crippen LogP contribution is -2.56. The fraction of sp³-hybridized carbons (Fsp3) is 0.350. The first-order valence-electron chi connectivity index (χ1n) is 9.87. The molecular weight excluding hydrogens is 402 g/mol. The molecule has 1 saturated heterocycles. The van der Waals surface area contributed by atoms with Crippen molar-refractivity contribution in [1.29, 1.82) is 0 Å². The lowest BCUT2D eigenvalue weighted by Gasteiger charge is -2.29. The van der Waals surface area contributed by atoms with E-state index >= 15 is 0 Å². The number of methoxy groups -OCH3 is 1. The fourth-order valence-electron chi connectivity index (χ4n) is 3.91. The molecule has 1 unspecified atom stereocenters. The first-order chi connectivity index (χ1) is 15.0. The summed E-state index contributed by atoms with van der Waals surface area (Å²) < 4.78 is 10.5. The molecule has 2 aromatic heterocycles. The minimum Gasteiger partial charge on any atom is -0.496 e. The summed E-state index contributed by atoms with van der Waals surface area (Å²) in [6.45, 7) is 2.34. The van der Waals surface area contributed by atoms with Crippen LogP contribution in [0.3, 0.4) is 0 Å². The van der Waals surface area contributed by atoms with Gasteiger partial charge in [-0.15, -0.1) is 9.97 Å². The number of rotatable bonds is 6. The largest absolute Gasteiger partial charge is 0.521 e. The normalized spacial score (nSPS) is 20.4. The Kier molecular flexibility index (Phi) is 5.42. The summed E-state index contributed by atoms with van der Waals surface area (Å²) in [4.78, 5) is 29.4. The summed E-state index contributed by atoms with van der Waals surface area (Å²) >= 11 is 0. The van der Waals surface area contributed by atoms with Crippen LogP contribution in [-0.2, 0) is 0 Å². The van der Waals surface area contributed by atoms with Crippen LogP contribution in [0, 0.1) is 0 Å². The Morgan fingerprint density at radius 2 is 2.10 bits per heavy atom. The molecule has 0 saturated carbocycles. The standard InChI is InChI=1S/C20H23N7O4/c1-12-5-4-8-27(12,20(28)29)19-25-17(21-2)24-18(26-19)23-13-6-7-14(15(9-13)30-3)16-10-22-11-31-16/h6-7,9-12H,4-5,8H2,1-3H3,(H2-,21,23,24,25,26,28,29)/p+1/t12-,27?/m1/s1. The SMILES string of the molecule is CNc1nc(Nc2ccc(-c3cnco3)c(OC)c2)nc([N+]2(C(=O)O)CCC[C@H]2C)n1. The Balaban J connectivity index is 1.71. The molecule has 0 bridgehead atoms. The van der Waals surface area contributed by atoms with Gasteiger partial charge in [0.25, 0.3) is 0 Å². The molecule has 4 rings (SSSR count). The number of anilines is 3. The van der Waals surface area contributed by atoms with Crippen molar-refractivity contribution in [2.75, 3.05) is 31.3 Å². The molecule has 0 spiro atoms. The van der Waals surface area contributed by atoms with Gasteiger partial charge in [-0.05, 0) is 19.1 Å². The Labute approximate surface area is 178 Å². The van der Waals surface area contributed by atoms with Crippen molar-refractivity contribution in [3.05, 3.63) is 30.8 Å². The van der Waals surface area contributed by atoms with Crippen LogP contribution >= 0.6 is 0 Å². The Bertz CT molecular complexity index is 1090. The molecule has 11 heteroatoms. The van der Waals surface area contributed by atoms with E-state index < -0.39 is 6.09 Å². The highest BCUT2D eigenvalue weighted by Crippen LogP contribution is 2.35. The van der Waals surface area contributed by atoms with Crippen LogP contribution in [0.4, 0.5) is 28.3 Å². The Morgan fingerprint density at radius 1 is 1.29 bits per heavy atom. The number of likely N-dealkylation sites (tertiary alicyclic amines) is 1. The number of carboxylic acid groups (broad SMARTS) is 1. The monoisotopic (exact) mass is 426 g/mol. The summed E-state index contributed by atoms with van der Waals surface area (Å²) in [6, 6.07) is 5.29. The van der Waals surface area contributed by atoms with Crippen LogP contribution in [0.5, 0.6) is 5.75 Å². The van der Waals surface area contributed by atoms with Crippen molar-refractivity contribution in [1.82, 2.24) is 24.4 Å². The van der Waals surface area contributed by atoms with Crippen LogP contribution in [0.2, 0.25) is 0 Å². The van der Waals surface area contributed by atoms with Gasteiger partial charge in [0.1, 0.15) is 11.8 Å². The van der Waals surface area contributed by atoms with E-state index in [0.717, 1.165) is 18.4 Å². The van der Waals surface area contributed by atoms with Crippen LogP contribution < -0.4 is 19.9 Å². The summed E-state index contributed by atoms with van der Waals surface area (Å²) in [5, 5.41) is 16.0. The molecule has 11 nitrogen and oxygen atoms in total. The number of quaternary nitrogens is 1. The second kappa shape index (κ2) is 8.19. The molecule has 3 N–H and O–H groups in total. The zero-order valence-electron chi connectivity index (χ0n) is 17.5. The van der Waals surface area contributed by atoms with E-state index in [2.05, 4.69) is 30.6 Å². The summed E-state index contributed by atoms with van der Waals surface area (Å²) in [5.74, 6) is 1.88. The average Bonchev–Trinajstić information content (AvgIpc) is 3.43. The number of nitrogens with one attached hydrogen (secondary N) is 2. The predicted octanol–water partition coefficient (Wildman–Crippen LogP) is 3.49. The third-order valence-corrected chi connectivity index (χ3v) is 5.59. The molecular formula is C20H24N7O4+. The second-order valence-corrected chi connectivity index (χ2v) is 7.30. The highest BCUT2D eigenvalue weighted by molar-refractivity contribution is 5.80. The van der Waals surface area contributed by atoms with Crippen LogP contribution in [-0.4, -0.2) is 57.9 Å². The molecule has 1 aliphatic rings. The first-order valence-corrected chi connectivity index (χ1v) is 9.87. The van der Waals surface area contributed by atoms with Gasteiger partial charge in [0.2, 0.25) is 11.9 Å². The molecule has 1 aliphatic heterocycles. The summed E-state index contributed by atoms with van der Waals surface area (Å²) in [5.41, 5.74) is 1.41. The highest BCUT2D eigenvalue weighted by Gasteiger charge is 2.51. The van der Waals surface area contributed by atoms with Crippen molar-refractivity contribution < 1.29 is 19.1 Å². The number of hydrogen-bond donors (Lipinski definition) is 3. The van der Waals surface area contributed by atoms with Crippen molar-refractivity contribution in [2.45, 2.75) is 25.8 Å². The lowest BCUT2D eigenvalue weighted by molar-refractivity contribution is 0.141. The van der Waals surface area contributed by atoms with E-state index in [1.165, 1.54) is 6.39 Å². The minimum atomic E-state index is -0.970. The van der Waals surface area contributed by atoms with Crippen LogP contribution in [0.15, 0.2) is 35.2 Å². The number of ether oxygens (including phenoxy) is 1. The first kappa shape index (κ1) is 20.5. The molecule has 3 heterocycles. The van der Waals surface area contributed by atoms with Crippen molar-refractivity contribution in [3.63, 3.8) is 0 Å². The minimum absolute atomic E-state index is 0.140. The average molecular weight is 426 g/mol. The topological polar surface area (TPSA) is 135 Å². The van der Waals surface area contributed by atoms with Gasteiger partial charge in [0.05, 0.1) is 25.4 Å². The van der Waals surface area contributed by atoms with Crippen molar-refractivity contribution in [2.24, 2.45) is 0 Å². The van der Waals surface area contributed by atoms with E-state index in [-0.39, 0.29) is 28.4 Å². The smallest absolute Gasteiger partial charge is 0.496 e. The number of carbonyl (C=O) groups is 1. The third kappa shape index (κ3) is 3.63. The van der Waals surface area contributed by atoms with Crippen LogP contribution in [0.1, 0.15) is 19.8 Å². The summed E-state index contributed by atoms with van der Waals surface area (Å²) in [7, 11) is 3.24. The van der Waals surface area contributed by atoms with E-state index in [1.807, 2.05) is 19.1 Å². The predicted molar refractivity (Wildman–Crippen MR) is 115 cm³/mol. The van der Waals surface area contributed by atoms with Gasteiger partial charge in [0.15, 0.2) is 12.2 Å². The molecule has 162 valence electrons. The number of nitrogens with zero attached hydrogens (tertiary/aromatic N) is 5. The molecule has 1 aromatic carbocycles. The number of hydrogen-bond acceptors (Lipinski definition) is 9. The van der Waals surface area contributed by atoms with Gasteiger partial charge in [0, 0.05) is 31.6 Å². The molecule has 1 fully saturated rings. The van der Waals surface area contributed by atoms with Crippen molar-refractivity contribution in [3.8, 4) is 17.1 Å². The second-order valence-electron chi connectivity index (χ2n) is 7.30. The van der Waals surface area contributed by atoms with E-state index in [9.17, 15) is 9.90 Å². The molecule has 0 aliphatic carbocycles. The summed E-state index contributed by atoms with van der Waals surface area (Å²) in [6.07, 6.45) is 3.57. The number of amides is 1. The van der Waals surface area contributed by atoms with Crippen LogP contribution in [0.25, 0.3) is 11.3 Å². The van der Waals surface area contributed by atoms with Gasteiger partial charge < -0.3 is 24.9 Å². The van der Waals surface area contributed by atoms with E-state index in [0.29, 0.717) is 23.7 Å². The van der Waals surface area contributed by atoms with Gasteiger partial charge >= 0.3 is 12.0 Å². The lowest BCUT2D eigenvalue weighted by atomic mass is 10.1. The zero-order chi connectivity index (χ0) is 22.0. The Morgan fingerprint density at radius 3 is 2.71 bits per heavy atom. The highest BCUT2D eigenvalue weighted by atomic mass is 16.5. The fourth-order valence-corrected chi connectivity index (χ4v) is 3.91. The van der Waals surface area contributed by atoms with Gasteiger partial charge in [-0.1, -0.05) is 0 Å². The zero-order valence-corrected chi connectivity index (χ0v) is 17.5. The van der Waals surface area contributed by atoms with E-state index in [4.69, 9.17) is 9.15 Å². The molecule has 1 amide bonds. The molecule has 0 radical (unpaired) electrons. The van der Waals surface area contributed by atoms with E-state index in [1.54, 1.807) is 26.4 Å². The van der Waals surface area contributed by atoms with Gasteiger partial charge in [-0.3, -0.25) is 0 Å². The number of benzene rings is 1. The molecule has 2 atom stereocenters. The maximum Gasteiger partial charge on any atom is 0.521 e. The maximum absolute atomic E-state index is 12.2. The van der Waals surface area contributed by atoms with Gasteiger partial charge in [-0.25, -0.2) is 4.98 Å². The molecule has 3 aromatic rings.